The Morgan fingerprint density at radius 2 is 1.90 bits per heavy atom. The zero-order valence-electron chi connectivity index (χ0n) is 12.1. The van der Waals surface area contributed by atoms with Crippen LogP contribution in [0.4, 0.5) is 4.39 Å². The monoisotopic (exact) mass is 284 g/mol. The smallest absolute Gasteiger partial charge is 0.124 e. The Kier molecular flexibility index (Phi) is 4.97. The summed E-state index contributed by atoms with van der Waals surface area (Å²) in [5.74, 6) is 5.59. The van der Waals surface area contributed by atoms with Gasteiger partial charge < -0.3 is 9.84 Å². The number of hydrogen-bond donors (Lipinski definition) is 1. The van der Waals surface area contributed by atoms with Crippen LogP contribution in [-0.4, -0.2) is 11.7 Å². The lowest BCUT2D eigenvalue weighted by molar-refractivity contribution is 0.305. The van der Waals surface area contributed by atoms with E-state index in [-0.39, 0.29) is 19.0 Å². The predicted octanol–water partition coefficient (Wildman–Crippen LogP) is 3.37. The number of rotatable bonds is 3. The zero-order valence-corrected chi connectivity index (χ0v) is 12.1. The predicted molar refractivity (Wildman–Crippen MR) is 80.6 cm³/mol. The molecule has 0 saturated heterocycles. The van der Waals surface area contributed by atoms with E-state index in [1.165, 1.54) is 17.7 Å². The van der Waals surface area contributed by atoms with E-state index in [0.29, 0.717) is 11.1 Å². The van der Waals surface area contributed by atoms with E-state index in [9.17, 15) is 4.39 Å². The molecule has 1 N–H and O–H groups in total. The summed E-state index contributed by atoms with van der Waals surface area (Å²) in [4.78, 5) is 0. The van der Waals surface area contributed by atoms with Gasteiger partial charge in [-0.25, -0.2) is 4.39 Å². The Morgan fingerprint density at radius 3 is 2.62 bits per heavy atom. The van der Waals surface area contributed by atoms with Crippen molar-refractivity contribution < 1.29 is 14.2 Å². The highest BCUT2D eigenvalue weighted by Gasteiger charge is 2.02. The van der Waals surface area contributed by atoms with Gasteiger partial charge in [-0.1, -0.05) is 17.9 Å². The molecule has 0 spiro atoms. The molecule has 0 amide bonds. The third-order valence-corrected chi connectivity index (χ3v) is 3.15. The molecule has 2 aromatic rings. The normalized spacial score (nSPS) is 9.90. The van der Waals surface area contributed by atoms with Crippen LogP contribution in [0.25, 0.3) is 0 Å². The summed E-state index contributed by atoms with van der Waals surface area (Å²) in [7, 11) is 0. The molecule has 2 rings (SSSR count). The largest absolute Gasteiger partial charge is 0.489 e. The van der Waals surface area contributed by atoms with Gasteiger partial charge >= 0.3 is 0 Å². The lowest BCUT2D eigenvalue weighted by atomic mass is 10.1. The van der Waals surface area contributed by atoms with Gasteiger partial charge in [-0.05, 0) is 60.9 Å². The van der Waals surface area contributed by atoms with Gasteiger partial charge in [-0.15, -0.1) is 0 Å². The van der Waals surface area contributed by atoms with Gasteiger partial charge in [0.1, 0.15) is 24.8 Å². The number of hydrogen-bond acceptors (Lipinski definition) is 2. The summed E-state index contributed by atoms with van der Waals surface area (Å²) in [6.07, 6.45) is 0. The third kappa shape index (κ3) is 4.34. The quantitative estimate of drug-likeness (QED) is 0.876. The first-order chi connectivity index (χ1) is 10.1. The van der Waals surface area contributed by atoms with E-state index in [0.717, 1.165) is 11.3 Å². The standard InChI is InChI=1S/C18H17FO2/c1-13-5-6-18(8-14(13)2)21-12-16-9-15(4-3-7-20)10-17(19)11-16/h5-6,8-11,20H,7,12H2,1-2H3. The second-order valence-electron chi connectivity index (χ2n) is 4.84. The minimum Gasteiger partial charge on any atom is -0.489 e. The molecule has 0 bridgehead atoms. The van der Waals surface area contributed by atoms with Crippen LogP contribution in [0.15, 0.2) is 36.4 Å². The maximum Gasteiger partial charge on any atom is 0.124 e. The summed E-state index contributed by atoms with van der Waals surface area (Å²) in [5, 5.41) is 8.67. The molecule has 0 aromatic heterocycles. The first-order valence-electron chi connectivity index (χ1n) is 6.68. The van der Waals surface area contributed by atoms with Crippen molar-refractivity contribution in [2.75, 3.05) is 6.61 Å². The Labute approximate surface area is 124 Å². The molecule has 0 fully saturated rings. The second-order valence-corrected chi connectivity index (χ2v) is 4.84. The van der Waals surface area contributed by atoms with E-state index >= 15 is 0 Å². The van der Waals surface area contributed by atoms with Crippen molar-refractivity contribution in [3.63, 3.8) is 0 Å². The SMILES string of the molecule is Cc1ccc(OCc2cc(F)cc(C#CCO)c2)cc1C. The average molecular weight is 284 g/mol. The molecule has 0 unspecified atom stereocenters. The van der Waals surface area contributed by atoms with Crippen molar-refractivity contribution >= 4 is 0 Å². The van der Waals surface area contributed by atoms with E-state index in [2.05, 4.69) is 11.8 Å². The van der Waals surface area contributed by atoms with Gasteiger partial charge in [0.25, 0.3) is 0 Å². The molecule has 21 heavy (non-hydrogen) atoms. The van der Waals surface area contributed by atoms with Gasteiger partial charge in [0.05, 0.1) is 0 Å². The molecule has 0 aliphatic carbocycles. The summed E-state index contributed by atoms with van der Waals surface area (Å²) in [6.45, 7) is 4.09. The Morgan fingerprint density at radius 1 is 1.10 bits per heavy atom. The van der Waals surface area contributed by atoms with Gasteiger partial charge in [-0.3, -0.25) is 0 Å². The highest BCUT2D eigenvalue weighted by atomic mass is 19.1. The summed E-state index contributed by atoms with van der Waals surface area (Å²) >= 11 is 0. The van der Waals surface area contributed by atoms with Crippen LogP contribution in [0.3, 0.4) is 0 Å². The first kappa shape index (κ1) is 15.1. The molecule has 0 radical (unpaired) electrons. The van der Waals surface area contributed by atoms with Crippen molar-refractivity contribution in [1.29, 1.82) is 0 Å². The molecular formula is C18H17FO2. The fraction of sp³-hybridized carbons (Fsp3) is 0.222. The fourth-order valence-corrected chi connectivity index (χ4v) is 1.92. The third-order valence-electron chi connectivity index (χ3n) is 3.15. The second kappa shape index (κ2) is 6.92. The first-order valence-corrected chi connectivity index (χ1v) is 6.68. The lowest BCUT2D eigenvalue weighted by Crippen LogP contribution is -1.98. The summed E-state index contributed by atoms with van der Waals surface area (Å²) in [5.41, 5.74) is 3.59. The van der Waals surface area contributed by atoms with Crippen molar-refractivity contribution in [3.05, 3.63) is 64.5 Å². The maximum absolute atomic E-state index is 13.5. The number of benzene rings is 2. The Hall–Kier alpha value is -2.31. The highest BCUT2D eigenvalue weighted by Crippen LogP contribution is 2.18. The fourth-order valence-electron chi connectivity index (χ4n) is 1.92. The topological polar surface area (TPSA) is 29.5 Å². The summed E-state index contributed by atoms with van der Waals surface area (Å²) in [6, 6.07) is 10.4. The Bertz CT molecular complexity index is 696. The van der Waals surface area contributed by atoms with Crippen LogP contribution < -0.4 is 4.74 Å². The number of aliphatic hydroxyl groups is 1. The number of halogens is 1. The Balaban J connectivity index is 2.12. The molecule has 0 saturated carbocycles. The molecule has 3 heteroatoms. The molecule has 0 aliphatic rings. The van der Waals surface area contributed by atoms with E-state index in [1.807, 2.05) is 32.0 Å². The number of aliphatic hydroxyl groups excluding tert-OH is 1. The minimum absolute atomic E-state index is 0.245. The molecule has 0 aliphatic heterocycles. The minimum atomic E-state index is -0.363. The molecule has 0 heterocycles. The van der Waals surface area contributed by atoms with Gasteiger partial charge in [0.15, 0.2) is 0 Å². The number of aryl methyl sites for hydroxylation is 2. The number of ether oxygens (including phenoxy) is 1. The van der Waals surface area contributed by atoms with E-state index < -0.39 is 0 Å². The molecule has 2 aromatic carbocycles. The molecule has 108 valence electrons. The van der Waals surface area contributed by atoms with Crippen LogP contribution in [0.2, 0.25) is 0 Å². The van der Waals surface area contributed by atoms with Crippen LogP contribution in [0.1, 0.15) is 22.3 Å². The lowest BCUT2D eigenvalue weighted by Gasteiger charge is -2.09. The van der Waals surface area contributed by atoms with Crippen molar-refractivity contribution in [3.8, 4) is 17.6 Å². The van der Waals surface area contributed by atoms with E-state index in [4.69, 9.17) is 9.84 Å². The molecular weight excluding hydrogens is 267 g/mol. The summed E-state index contributed by atoms with van der Waals surface area (Å²) < 4.78 is 19.2. The van der Waals surface area contributed by atoms with Gasteiger partial charge in [-0.2, -0.15) is 0 Å². The van der Waals surface area contributed by atoms with Crippen molar-refractivity contribution in [2.45, 2.75) is 20.5 Å². The van der Waals surface area contributed by atoms with Crippen LogP contribution in [0, 0.1) is 31.5 Å². The molecule has 0 atom stereocenters. The zero-order chi connectivity index (χ0) is 15.2. The molecule has 2 nitrogen and oxygen atoms in total. The average Bonchev–Trinajstić information content (AvgIpc) is 2.46. The van der Waals surface area contributed by atoms with Gasteiger partial charge in [0.2, 0.25) is 0 Å². The maximum atomic E-state index is 13.5. The van der Waals surface area contributed by atoms with Crippen LogP contribution in [0.5, 0.6) is 5.75 Å². The van der Waals surface area contributed by atoms with Crippen molar-refractivity contribution in [1.82, 2.24) is 0 Å². The van der Waals surface area contributed by atoms with E-state index in [1.54, 1.807) is 6.07 Å². The van der Waals surface area contributed by atoms with Crippen molar-refractivity contribution in [2.24, 2.45) is 0 Å². The van der Waals surface area contributed by atoms with Crippen LogP contribution >= 0.6 is 0 Å². The highest BCUT2D eigenvalue weighted by molar-refractivity contribution is 5.38. The van der Waals surface area contributed by atoms with Gasteiger partial charge in [0, 0.05) is 5.56 Å². The van der Waals surface area contributed by atoms with Crippen LogP contribution in [-0.2, 0) is 6.61 Å².